The number of nitrogens with zero attached hydrogens (tertiary/aromatic N) is 1. The second-order valence-electron chi connectivity index (χ2n) is 2.77. The molecular formula is C8H13N. The number of hydrogen-bond acceptors (Lipinski definition) is 0. The van der Waals surface area contributed by atoms with Crippen molar-refractivity contribution in [2.24, 2.45) is 7.05 Å². The first-order valence-electron chi connectivity index (χ1n) is 3.32. The lowest BCUT2D eigenvalue weighted by Gasteiger charge is -1.97. The molecule has 0 fully saturated rings. The first-order chi connectivity index (χ1) is 4.20. The molecule has 1 nitrogen and oxygen atoms in total. The van der Waals surface area contributed by atoms with E-state index in [1.807, 2.05) is 7.05 Å². The zero-order valence-corrected chi connectivity index (χ0v) is 6.26. The molecule has 0 aliphatic carbocycles. The van der Waals surface area contributed by atoms with E-state index < -0.39 is 0 Å². The molecule has 0 N–H and O–H groups in total. The van der Waals surface area contributed by atoms with Gasteiger partial charge < -0.3 is 4.57 Å². The maximum absolute atomic E-state index is 2.20. The Bertz CT molecular complexity index is 186. The third kappa shape index (κ3) is 1.35. The monoisotopic (exact) mass is 123 g/mol. The molecule has 50 valence electrons. The highest BCUT2D eigenvalue weighted by atomic mass is 14.9. The number of rotatable bonds is 1. The van der Waals surface area contributed by atoms with Gasteiger partial charge in [-0.2, -0.15) is 0 Å². The Morgan fingerprint density at radius 1 is 1.44 bits per heavy atom. The number of hydrogen-bond donors (Lipinski definition) is 0. The van der Waals surface area contributed by atoms with Crippen molar-refractivity contribution in [3.8, 4) is 0 Å². The minimum absolute atomic E-state index is 0.659. The Morgan fingerprint density at radius 2 is 2.11 bits per heavy atom. The van der Waals surface area contributed by atoms with Crippen LogP contribution in [0.2, 0.25) is 0 Å². The van der Waals surface area contributed by atoms with Crippen LogP contribution < -0.4 is 0 Å². The van der Waals surface area contributed by atoms with E-state index in [0.717, 1.165) is 0 Å². The third-order valence-electron chi connectivity index (χ3n) is 1.52. The molecule has 0 amide bonds. The molecule has 0 aliphatic rings. The fourth-order valence-corrected chi connectivity index (χ4v) is 0.866. The van der Waals surface area contributed by atoms with Crippen LogP contribution in [0.4, 0.5) is 0 Å². The van der Waals surface area contributed by atoms with Crippen LogP contribution in [-0.2, 0) is 7.05 Å². The summed E-state index contributed by atoms with van der Waals surface area (Å²) < 4.78 is 2.08. The van der Waals surface area contributed by atoms with Gasteiger partial charge in [0.25, 0.3) is 0 Å². The van der Waals surface area contributed by atoms with Crippen LogP contribution in [0.1, 0.15) is 25.3 Å². The zero-order chi connectivity index (χ0) is 6.85. The Labute approximate surface area is 56.3 Å². The van der Waals surface area contributed by atoms with Crippen LogP contribution in [0, 0.1) is 0 Å². The predicted octanol–water partition coefficient (Wildman–Crippen LogP) is 2.15. The van der Waals surface area contributed by atoms with E-state index in [-0.39, 0.29) is 0 Å². The Kier molecular flexibility index (Phi) is 1.60. The molecule has 0 bridgehead atoms. The SMILES string of the molecule is CC(C)c1ccn(C)c1. The van der Waals surface area contributed by atoms with Gasteiger partial charge in [-0.05, 0) is 17.5 Å². The topological polar surface area (TPSA) is 4.93 Å². The Morgan fingerprint density at radius 3 is 2.33 bits per heavy atom. The Balaban J connectivity index is 2.85. The fourth-order valence-electron chi connectivity index (χ4n) is 0.866. The summed E-state index contributed by atoms with van der Waals surface area (Å²) in [5.74, 6) is 0.659. The van der Waals surface area contributed by atoms with E-state index >= 15 is 0 Å². The van der Waals surface area contributed by atoms with Gasteiger partial charge in [0, 0.05) is 19.4 Å². The maximum atomic E-state index is 2.20. The molecule has 0 unspecified atom stereocenters. The normalized spacial score (nSPS) is 10.7. The largest absolute Gasteiger partial charge is 0.357 e. The average molecular weight is 123 g/mol. The van der Waals surface area contributed by atoms with Crippen molar-refractivity contribution in [2.45, 2.75) is 19.8 Å². The molecule has 0 aliphatic heterocycles. The molecule has 1 heterocycles. The van der Waals surface area contributed by atoms with Crippen LogP contribution in [0.15, 0.2) is 18.5 Å². The number of aryl methyl sites for hydroxylation is 1. The first-order valence-corrected chi connectivity index (χ1v) is 3.32. The molecule has 0 atom stereocenters. The van der Waals surface area contributed by atoms with E-state index in [9.17, 15) is 0 Å². The average Bonchev–Trinajstić information content (AvgIpc) is 2.14. The van der Waals surface area contributed by atoms with Gasteiger partial charge in [-0.25, -0.2) is 0 Å². The van der Waals surface area contributed by atoms with Crippen LogP contribution in [0.3, 0.4) is 0 Å². The van der Waals surface area contributed by atoms with E-state index in [1.54, 1.807) is 0 Å². The third-order valence-corrected chi connectivity index (χ3v) is 1.52. The second kappa shape index (κ2) is 2.26. The molecule has 1 rings (SSSR count). The standard InChI is InChI=1S/C8H13N/c1-7(2)8-4-5-9(3)6-8/h4-7H,1-3H3. The van der Waals surface area contributed by atoms with E-state index in [1.165, 1.54) is 5.56 Å². The van der Waals surface area contributed by atoms with Crippen molar-refractivity contribution >= 4 is 0 Å². The van der Waals surface area contributed by atoms with Gasteiger partial charge in [-0.3, -0.25) is 0 Å². The quantitative estimate of drug-likeness (QED) is 0.539. The summed E-state index contributed by atoms with van der Waals surface area (Å²) in [6, 6.07) is 2.16. The molecule has 0 aromatic carbocycles. The zero-order valence-electron chi connectivity index (χ0n) is 6.26. The highest BCUT2D eigenvalue weighted by Gasteiger charge is 1.97. The lowest BCUT2D eigenvalue weighted by Crippen LogP contribution is -1.83. The van der Waals surface area contributed by atoms with E-state index in [4.69, 9.17) is 0 Å². The molecule has 9 heavy (non-hydrogen) atoms. The minimum Gasteiger partial charge on any atom is -0.357 e. The van der Waals surface area contributed by atoms with Crippen LogP contribution in [0.5, 0.6) is 0 Å². The van der Waals surface area contributed by atoms with Crippen molar-refractivity contribution in [3.63, 3.8) is 0 Å². The van der Waals surface area contributed by atoms with Gasteiger partial charge in [0.2, 0.25) is 0 Å². The molecule has 1 aromatic heterocycles. The molecule has 1 heteroatoms. The summed E-state index contributed by atoms with van der Waals surface area (Å²) in [6.45, 7) is 4.41. The van der Waals surface area contributed by atoms with Crippen molar-refractivity contribution in [1.82, 2.24) is 4.57 Å². The van der Waals surface area contributed by atoms with Crippen LogP contribution in [0.25, 0.3) is 0 Å². The molecule has 0 saturated carbocycles. The molecule has 0 spiro atoms. The van der Waals surface area contributed by atoms with Crippen molar-refractivity contribution in [1.29, 1.82) is 0 Å². The highest BCUT2D eigenvalue weighted by molar-refractivity contribution is 5.13. The van der Waals surface area contributed by atoms with Crippen molar-refractivity contribution in [2.75, 3.05) is 0 Å². The van der Waals surface area contributed by atoms with Gasteiger partial charge in [0.05, 0.1) is 0 Å². The van der Waals surface area contributed by atoms with Gasteiger partial charge in [-0.1, -0.05) is 13.8 Å². The second-order valence-corrected chi connectivity index (χ2v) is 2.77. The smallest absolute Gasteiger partial charge is 0.0106 e. The minimum atomic E-state index is 0.659. The van der Waals surface area contributed by atoms with Gasteiger partial charge in [0.15, 0.2) is 0 Å². The maximum Gasteiger partial charge on any atom is 0.0106 e. The first kappa shape index (κ1) is 6.40. The summed E-state index contributed by atoms with van der Waals surface area (Å²) in [6.07, 6.45) is 4.24. The summed E-state index contributed by atoms with van der Waals surface area (Å²) in [5, 5.41) is 0. The molecular weight excluding hydrogens is 110 g/mol. The number of aromatic nitrogens is 1. The molecule has 1 aromatic rings. The lowest BCUT2D eigenvalue weighted by atomic mass is 10.1. The van der Waals surface area contributed by atoms with Gasteiger partial charge in [-0.15, -0.1) is 0 Å². The van der Waals surface area contributed by atoms with Crippen LogP contribution >= 0.6 is 0 Å². The van der Waals surface area contributed by atoms with E-state index in [2.05, 4.69) is 36.9 Å². The van der Waals surface area contributed by atoms with Gasteiger partial charge in [0.1, 0.15) is 0 Å². The van der Waals surface area contributed by atoms with Crippen LogP contribution in [-0.4, -0.2) is 4.57 Å². The van der Waals surface area contributed by atoms with Gasteiger partial charge >= 0.3 is 0 Å². The summed E-state index contributed by atoms with van der Waals surface area (Å²) in [5.41, 5.74) is 1.41. The summed E-state index contributed by atoms with van der Waals surface area (Å²) in [4.78, 5) is 0. The molecule has 0 radical (unpaired) electrons. The Hall–Kier alpha value is -0.720. The van der Waals surface area contributed by atoms with E-state index in [0.29, 0.717) is 5.92 Å². The summed E-state index contributed by atoms with van der Waals surface area (Å²) >= 11 is 0. The van der Waals surface area contributed by atoms with Crippen molar-refractivity contribution < 1.29 is 0 Å². The predicted molar refractivity (Wildman–Crippen MR) is 39.5 cm³/mol. The highest BCUT2D eigenvalue weighted by Crippen LogP contribution is 2.12. The fraction of sp³-hybridized carbons (Fsp3) is 0.500. The molecule has 0 saturated heterocycles. The lowest BCUT2D eigenvalue weighted by molar-refractivity contribution is 0.849. The summed E-state index contributed by atoms with van der Waals surface area (Å²) in [7, 11) is 2.05. The van der Waals surface area contributed by atoms with Crippen molar-refractivity contribution in [3.05, 3.63) is 24.0 Å².